The van der Waals surface area contributed by atoms with Crippen molar-refractivity contribution in [2.45, 2.75) is 12.1 Å². The molecule has 0 aliphatic heterocycles. The monoisotopic (exact) mass is 423 g/mol. The van der Waals surface area contributed by atoms with Gasteiger partial charge < -0.3 is 20.8 Å². The number of H-pyrrole nitrogens is 1. The maximum absolute atomic E-state index is 13.4. The second-order valence-electron chi connectivity index (χ2n) is 6.36. The first-order chi connectivity index (χ1) is 14.5. The fraction of sp³-hybridized carbons (Fsp3) is 0.100. The topological polar surface area (TPSA) is 115 Å². The van der Waals surface area contributed by atoms with E-state index in [1.165, 1.54) is 17.8 Å². The first-order valence-corrected chi connectivity index (χ1v) is 10.2. The molecule has 2 heterocycles. The number of nitrogen functional groups attached to an aromatic ring is 1. The van der Waals surface area contributed by atoms with Crippen molar-refractivity contribution in [1.82, 2.24) is 25.1 Å². The molecule has 2 aromatic heterocycles. The van der Waals surface area contributed by atoms with Gasteiger partial charge in [0.2, 0.25) is 11.8 Å². The Bertz CT molecular complexity index is 1180. The summed E-state index contributed by atoms with van der Waals surface area (Å²) < 4.78 is 19.2. The second-order valence-corrected chi connectivity index (χ2v) is 7.13. The van der Waals surface area contributed by atoms with Gasteiger partial charge in [0, 0.05) is 17.3 Å². The molecule has 2 aromatic carbocycles. The molecule has 4 rings (SSSR count). The molecule has 0 atom stereocenters. The molecule has 0 saturated heterocycles. The molecule has 30 heavy (non-hydrogen) atoms. The number of nitrogens with two attached hydrogens (primary N) is 1. The molecule has 0 aliphatic rings. The van der Waals surface area contributed by atoms with Crippen molar-refractivity contribution < 1.29 is 9.13 Å². The molecule has 4 aromatic rings. The van der Waals surface area contributed by atoms with Crippen molar-refractivity contribution in [3.63, 3.8) is 0 Å². The van der Waals surface area contributed by atoms with Gasteiger partial charge in [-0.25, -0.2) is 9.37 Å². The van der Waals surface area contributed by atoms with Gasteiger partial charge in [-0.1, -0.05) is 11.8 Å². The maximum Gasteiger partial charge on any atom is 0.226 e. The molecule has 0 fully saturated rings. The van der Waals surface area contributed by atoms with Crippen LogP contribution in [0.2, 0.25) is 0 Å². The van der Waals surface area contributed by atoms with Gasteiger partial charge in [0.05, 0.1) is 0 Å². The first-order valence-electron chi connectivity index (χ1n) is 8.93. The van der Waals surface area contributed by atoms with Crippen LogP contribution in [0.3, 0.4) is 0 Å². The van der Waals surface area contributed by atoms with E-state index >= 15 is 0 Å². The highest BCUT2D eigenvalue weighted by Crippen LogP contribution is 2.26. The quantitative estimate of drug-likeness (QED) is 0.306. The number of aromatic nitrogens is 5. The molecule has 0 unspecified atom stereocenters. The van der Waals surface area contributed by atoms with Crippen LogP contribution >= 0.6 is 11.8 Å². The van der Waals surface area contributed by atoms with Gasteiger partial charge in [-0.3, -0.25) is 0 Å². The Labute approximate surface area is 176 Å². The molecule has 0 radical (unpaired) electrons. The highest BCUT2D eigenvalue weighted by Gasteiger charge is 2.09. The highest BCUT2D eigenvalue weighted by atomic mass is 32.2. The minimum Gasteiger partial charge on any atom is -0.439 e. The number of thioether (sulfide) groups is 1. The molecule has 0 spiro atoms. The predicted molar refractivity (Wildman–Crippen MR) is 115 cm³/mol. The number of aryl methyl sites for hydroxylation is 1. The lowest BCUT2D eigenvalue weighted by Gasteiger charge is -2.07. The zero-order valence-electron chi connectivity index (χ0n) is 16.2. The summed E-state index contributed by atoms with van der Waals surface area (Å²) in [7, 11) is 0. The Balaban J connectivity index is 1.47. The third kappa shape index (κ3) is 4.49. The Kier molecular flexibility index (Phi) is 5.48. The lowest BCUT2D eigenvalue weighted by molar-refractivity contribution is 0.456. The fourth-order valence-corrected chi connectivity index (χ4v) is 3.05. The summed E-state index contributed by atoms with van der Waals surface area (Å²) in [4.78, 5) is 11.5. The highest BCUT2D eigenvalue weighted by molar-refractivity contribution is 7.98. The SMILES string of the molecule is CSc1nc(N)cc(Oc2ccc(-c3nnc(Nc4ccc(F)c(C)c4)[nH]3)cc2)n1. The Hall–Kier alpha value is -3.66. The number of ether oxygens (including phenoxy) is 1. The Morgan fingerprint density at radius 3 is 2.60 bits per heavy atom. The van der Waals surface area contributed by atoms with Gasteiger partial charge in [0.15, 0.2) is 11.0 Å². The van der Waals surface area contributed by atoms with E-state index in [1.807, 2.05) is 18.4 Å². The van der Waals surface area contributed by atoms with Crippen LogP contribution in [0.15, 0.2) is 53.7 Å². The smallest absolute Gasteiger partial charge is 0.226 e. The molecule has 152 valence electrons. The van der Waals surface area contributed by atoms with Crippen LogP contribution in [0.1, 0.15) is 5.56 Å². The second kappa shape index (κ2) is 8.37. The molecular formula is C20H18FN7OS. The van der Waals surface area contributed by atoms with E-state index in [4.69, 9.17) is 10.5 Å². The average Bonchev–Trinajstić information content (AvgIpc) is 3.19. The lowest BCUT2D eigenvalue weighted by atomic mass is 10.2. The standard InChI is InChI=1S/C20H18FN7OS/c1-11-9-13(5-8-15(11)21)23-19-26-18(27-28-19)12-3-6-14(7-4-12)29-17-10-16(22)24-20(25-17)30-2/h3-10H,1-2H3,(H2,22,24,25)(H2,23,26,27,28). The third-order valence-corrected chi connectivity index (χ3v) is 4.69. The maximum atomic E-state index is 13.4. The zero-order chi connectivity index (χ0) is 21.1. The van der Waals surface area contributed by atoms with Crippen LogP contribution in [0.5, 0.6) is 11.6 Å². The van der Waals surface area contributed by atoms with E-state index in [-0.39, 0.29) is 5.82 Å². The number of nitrogens with zero attached hydrogens (tertiary/aromatic N) is 4. The molecule has 10 heteroatoms. The minimum atomic E-state index is -0.254. The van der Waals surface area contributed by atoms with Crippen molar-refractivity contribution in [1.29, 1.82) is 0 Å². The summed E-state index contributed by atoms with van der Waals surface area (Å²) in [5.74, 6) is 2.11. The summed E-state index contributed by atoms with van der Waals surface area (Å²) >= 11 is 1.39. The first kappa shape index (κ1) is 19.6. The predicted octanol–water partition coefficient (Wildman–Crippen LogP) is 4.55. The summed E-state index contributed by atoms with van der Waals surface area (Å²) in [6.45, 7) is 1.70. The van der Waals surface area contributed by atoms with Crippen LogP contribution in [0.4, 0.5) is 21.8 Å². The van der Waals surface area contributed by atoms with Crippen LogP contribution in [-0.2, 0) is 0 Å². The molecule has 8 nitrogen and oxygen atoms in total. The summed E-state index contributed by atoms with van der Waals surface area (Å²) in [5, 5.41) is 11.8. The van der Waals surface area contributed by atoms with E-state index in [9.17, 15) is 4.39 Å². The number of halogens is 1. The van der Waals surface area contributed by atoms with Crippen molar-refractivity contribution in [2.75, 3.05) is 17.3 Å². The number of anilines is 3. The fourth-order valence-electron chi connectivity index (χ4n) is 2.67. The van der Waals surface area contributed by atoms with E-state index in [1.54, 1.807) is 37.3 Å². The zero-order valence-corrected chi connectivity index (χ0v) is 17.0. The number of nitrogens with one attached hydrogen (secondary N) is 2. The summed E-state index contributed by atoms with van der Waals surface area (Å²) in [5.41, 5.74) is 7.86. The van der Waals surface area contributed by atoms with Crippen LogP contribution in [0.25, 0.3) is 11.4 Å². The van der Waals surface area contributed by atoms with Gasteiger partial charge >= 0.3 is 0 Å². The molecular weight excluding hydrogens is 405 g/mol. The van der Waals surface area contributed by atoms with Crippen molar-refractivity contribution >= 4 is 29.2 Å². The third-order valence-electron chi connectivity index (χ3n) is 4.14. The van der Waals surface area contributed by atoms with Gasteiger partial charge in [0.1, 0.15) is 17.4 Å². The number of hydrogen-bond donors (Lipinski definition) is 3. The normalized spacial score (nSPS) is 10.8. The van der Waals surface area contributed by atoms with Crippen LogP contribution < -0.4 is 15.8 Å². The van der Waals surface area contributed by atoms with Gasteiger partial charge in [-0.15, -0.1) is 10.2 Å². The Morgan fingerprint density at radius 2 is 1.87 bits per heavy atom. The van der Waals surface area contributed by atoms with Gasteiger partial charge in [-0.05, 0) is 61.2 Å². The van der Waals surface area contributed by atoms with Crippen molar-refractivity contribution in [2.24, 2.45) is 0 Å². The van der Waals surface area contributed by atoms with Crippen molar-refractivity contribution in [3.8, 4) is 23.0 Å². The van der Waals surface area contributed by atoms with Crippen LogP contribution in [-0.4, -0.2) is 31.4 Å². The summed E-state index contributed by atoms with van der Waals surface area (Å²) in [6, 6.07) is 13.6. The largest absolute Gasteiger partial charge is 0.439 e. The van der Waals surface area contributed by atoms with E-state index < -0.39 is 0 Å². The van der Waals surface area contributed by atoms with Gasteiger partial charge in [0.25, 0.3) is 0 Å². The minimum absolute atomic E-state index is 0.254. The summed E-state index contributed by atoms with van der Waals surface area (Å²) in [6.07, 6.45) is 1.87. The number of rotatable bonds is 6. The number of aromatic amines is 1. The molecule has 0 bridgehead atoms. The number of benzene rings is 2. The van der Waals surface area contributed by atoms with Crippen molar-refractivity contribution in [3.05, 3.63) is 59.9 Å². The van der Waals surface area contributed by atoms with E-state index in [0.717, 1.165) is 5.56 Å². The molecule has 4 N–H and O–H groups in total. The van der Waals surface area contributed by atoms with Gasteiger partial charge in [-0.2, -0.15) is 4.98 Å². The molecule has 0 saturated carbocycles. The van der Waals surface area contributed by atoms with E-state index in [0.29, 0.717) is 45.6 Å². The average molecular weight is 423 g/mol. The number of hydrogen-bond acceptors (Lipinski definition) is 8. The van der Waals surface area contributed by atoms with E-state index in [2.05, 4.69) is 30.5 Å². The van der Waals surface area contributed by atoms with Crippen LogP contribution in [0, 0.1) is 12.7 Å². The molecule has 0 aliphatic carbocycles. The Morgan fingerprint density at radius 1 is 1.07 bits per heavy atom. The lowest BCUT2D eigenvalue weighted by Crippen LogP contribution is -1.97. The molecule has 0 amide bonds.